The lowest BCUT2D eigenvalue weighted by molar-refractivity contribution is -0.138. The zero-order valence-electron chi connectivity index (χ0n) is 18.6. The van der Waals surface area contributed by atoms with E-state index < -0.39 is 39.4 Å². The lowest BCUT2D eigenvalue weighted by Gasteiger charge is -2.12. The summed E-state index contributed by atoms with van der Waals surface area (Å²) in [5.74, 6) is -0.758. The molecule has 37 heavy (non-hydrogen) atoms. The number of sulfonamides is 1. The van der Waals surface area contributed by atoms with E-state index in [9.17, 15) is 39.6 Å². The van der Waals surface area contributed by atoms with Gasteiger partial charge in [0.1, 0.15) is 4.90 Å². The van der Waals surface area contributed by atoms with E-state index in [0.717, 1.165) is 54.6 Å². The monoisotopic (exact) mass is 540 g/mol. The van der Waals surface area contributed by atoms with Crippen molar-refractivity contribution in [2.75, 3.05) is 5.32 Å². The van der Waals surface area contributed by atoms with Crippen LogP contribution in [0.15, 0.2) is 95.9 Å². The van der Waals surface area contributed by atoms with Crippen LogP contribution in [0.25, 0.3) is 5.57 Å². The predicted octanol–water partition coefficient (Wildman–Crippen LogP) is 6.00. The Bertz CT molecular complexity index is 1380. The molecule has 0 radical (unpaired) electrons. The number of carbonyl (C=O) groups excluding carboxylic acids is 1. The minimum Gasteiger partial charge on any atom is -0.321 e. The van der Waals surface area contributed by atoms with E-state index in [0.29, 0.717) is 0 Å². The number of hydrogen-bond acceptors (Lipinski definition) is 3. The molecule has 0 saturated carbocycles. The molecule has 3 rings (SSSR count). The second-order valence-corrected chi connectivity index (χ2v) is 9.15. The summed E-state index contributed by atoms with van der Waals surface area (Å²) < 4.78 is 101. The topological polar surface area (TPSA) is 89.3 Å². The molecule has 0 unspecified atom stereocenters. The van der Waals surface area contributed by atoms with Gasteiger partial charge in [0.25, 0.3) is 0 Å². The lowest BCUT2D eigenvalue weighted by atomic mass is 9.95. The minimum atomic E-state index is -4.58. The molecule has 0 spiro atoms. The van der Waals surface area contributed by atoms with E-state index in [1.54, 1.807) is 0 Å². The molecule has 0 aliphatic carbocycles. The second-order valence-electron chi connectivity index (χ2n) is 7.62. The molecule has 0 saturated heterocycles. The SMILES string of the molecule is NS(=O)(=O)c1ccccc1NC(=O)C=CC=C(c1ccc(C(F)(F)F)cc1)c1ccc(C(F)(F)F)cc1. The summed E-state index contributed by atoms with van der Waals surface area (Å²) in [5, 5.41) is 7.48. The maximum Gasteiger partial charge on any atom is 0.416 e. The first-order chi connectivity index (χ1) is 17.2. The number of para-hydroxylation sites is 1. The number of alkyl halides is 6. The third-order valence-electron chi connectivity index (χ3n) is 5.01. The second kappa shape index (κ2) is 10.6. The van der Waals surface area contributed by atoms with Crippen molar-refractivity contribution in [3.05, 3.63) is 113 Å². The van der Waals surface area contributed by atoms with Gasteiger partial charge in [-0.05, 0) is 53.1 Å². The van der Waals surface area contributed by atoms with Crippen LogP contribution in [0.1, 0.15) is 22.3 Å². The molecule has 0 bridgehead atoms. The first-order valence-electron chi connectivity index (χ1n) is 10.3. The molecular formula is C25H18F6N2O3S. The number of rotatable bonds is 6. The summed E-state index contributed by atoms with van der Waals surface area (Å²) in [6.07, 6.45) is -5.60. The smallest absolute Gasteiger partial charge is 0.321 e. The molecule has 3 aromatic carbocycles. The van der Waals surface area contributed by atoms with Gasteiger partial charge in [0.2, 0.25) is 15.9 Å². The maximum absolute atomic E-state index is 13.0. The Hall–Kier alpha value is -3.90. The van der Waals surface area contributed by atoms with Gasteiger partial charge in [0.15, 0.2) is 0 Å². The maximum atomic E-state index is 13.0. The fraction of sp³-hybridized carbons (Fsp3) is 0.0800. The third-order valence-corrected chi connectivity index (χ3v) is 5.98. The fourth-order valence-corrected chi connectivity index (χ4v) is 3.95. The molecule has 3 aromatic rings. The van der Waals surface area contributed by atoms with Crippen LogP contribution in [0, 0.1) is 0 Å². The van der Waals surface area contributed by atoms with Crippen LogP contribution in [0.5, 0.6) is 0 Å². The highest BCUT2D eigenvalue weighted by atomic mass is 32.2. The number of carbonyl (C=O) groups is 1. The van der Waals surface area contributed by atoms with Gasteiger partial charge in [0, 0.05) is 6.08 Å². The van der Waals surface area contributed by atoms with E-state index in [4.69, 9.17) is 5.14 Å². The summed E-state index contributed by atoms with van der Waals surface area (Å²) in [6.45, 7) is 0. The summed E-state index contributed by atoms with van der Waals surface area (Å²) in [5.41, 5.74) is -1.17. The van der Waals surface area contributed by atoms with Gasteiger partial charge in [-0.3, -0.25) is 4.79 Å². The average molecular weight is 540 g/mol. The average Bonchev–Trinajstić information content (AvgIpc) is 2.81. The van der Waals surface area contributed by atoms with Gasteiger partial charge in [-0.2, -0.15) is 26.3 Å². The van der Waals surface area contributed by atoms with Crippen molar-refractivity contribution in [2.24, 2.45) is 5.14 Å². The van der Waals surface area contributed by atoms with E-state index in [1.165, 1.54) is 36.4 Å². The van der Waals surface area contributed by atoms with Crippen molar-refractivity contribution < 1.29 is 39.6 Å². The molecule has 0 aliphatic heterocycles. The minimum absolute atomic E-state index is 0.0747. The summed E-state index contributed by atoms with van der Waals surface area (Å²) in [7, 11) is -4.12. The van der Waals surface area contributed by atoms with Crippen LogP contribution in [-0.4, -0.2) is 14.3 Å². The number of halogens is 6. The quantitative estimate of drug-likeness (QED) is 0.228. The van der Waals surface area contributed by atoms with Crippen molar-refractivity contribution in [3.8, 4) is 0 Å². The van der Waals surface area contributed by atoms with Crippen LogP contribution in [-0.2, 0) is 27.2 Å². The Morgan fingerprint density at radius 1 is 0.757 bits per heavy atom. The van der Waals surface area contributed by atoms with Gasteiger partial charge in [-0.15, -0.1) is 0 Å². The number of primary sulfonamides is 1. The van der Waals surface area contributed by atoms with Crippen LogP contribution >= 0.6 is 0 Å². The Balaban J connectivity index is 1.94. The standard InChI is InChI=1S/C25H18F6N2O3S/c26-24(27,28)18-12-8-16(9-13-18)20(17-10-14-19(15-11-17)25(29,30)31)4-3-7-23(34)33-21-5-1-2-6-22(21)37(32,35)36/h1-15H,(H,33,34)(H2,32,35,36). The van der Waals surface area contributed by atoms with Crippen LogP contribution in [0.3, 0.4) is 0 Å². The summed E-state index contributed by atoms with van der Waals surface area (Å²) in [4.78, 5) is 12.0. The van der Waals surface area contributed by atoms with E-state index in [1.807, 2.05) is 0 Å². The highest BCUT2D eigenvalue weighted by Gasteiger charge is 2.31. The molecule has 0 aliphatic rings. The molecule has 0 fully saturated rings. The van der Waals surface area contributed by atoms with Gasteiger partial charge in [0.05, 0.1) is 16.8 Å². The fourth-order valence-electron chi connectivity index (χ4n) is 3.26. The molecule has 5 nitrogen and oxygen atoms in total. The highest BCUT2D eigenvalue weighted by molar-refractivity contribution is 7.89. The zero-order valence-corrected chi connectivity index (χ0v) is 19.5. The van der Waals surface area contributed by atoms with Gasteiger partial charge in [-0.25, -0.2) is 13.6 Å². The van der Waals surface area contributed by atoms with E-state index in [2.05, 4.69) is 5.32 Å². The van der Waals surface area contributed by atoms with Crippen LogP contribution < -0.4 is 10.5 Å². The number of hydrogen-bond donors (Lipinski definition) is 2. The molecule has 0 heterocycles. The number of amides is 1. The number of allylic oxidation sites excluding steroid dienone is 2. The summed E-state index contributed by atoms with van der Waals surface area (Å²) >= 11 is 0. The Labute approximate surface area is 208 Å². The van der Waals surface area contributed by atoms with E-state index in [-0.39, 0.29) is 27.3 Å². The van der Waals surface area contributed by atoms with Crippen molar-refractivity contribution >= 4 is 27.2 Å². The van der Waals surface area contributed by atoms with Crippen molar-refractivity contribution in [2.45, 2.75) is 17.2 Å². The normalized spacial score (nSPS) is 12.4. The largest absolute Gasteiger partial charge is 0.416 e. The zero-order chi connectivity index (χ0) is 27.4. The molecular weight excluding hydrogens is 522 g/mol. The number of nitrogens with one attached hydrogen (secondary N) is 1. The molecule has 1 amide bonds. The molecule has 12 heteroatoms. The summed E-state index contributed by atoms with van der Waals surface area (Å²) in [6, 6.07) is 13.3. The van der Waals surface area contributed by atoms with Gasteiger partial charge in [-0.1, -0.05) is 48.6 Å². The predicted molar refractivity (Wildman–Crippen MR) is 126 cm³/mol. The first-order valence-corrected chi connectivity index (χ1v) is 11.9. The number of benzene rings is 3. The van der Waals surface area contributed by atoms with Crippen molar-refractivity contribution in [1.82, 2.24) is 0 Å². The van der Waals surface area contributed by atoms with Crippen LogP contribution in [0.4, 0.5) is 32.0 Å². The molecule has 3 N–H and O–H groups in total. The molecule has 0 aromatic heterocycles. The number of anilines is 1. The Morgan fingerprint density at radius 3 is 1.65 bits per heavy atom. The third kappa shape index (κ3) is 7.30. The first kappa shape index (κ1) is 27.7. The number of nitrogens with two attached hydrogens (primary N) is 1. The Morgan fingerprint density at radius 2 is 1.22 bits per heavy atom. The van der Waals surface area contributed by atoms with Crippen molar-refractivity contribution in [3.63, 3.8) is 0 Å². The lowest BCUT2D eigenvalue weighted by Crippen LogP contribution is -2.17. The van der Waals surface area contributed by atoms with E-state index >= 15 is 0 Å². The Kier molecular flexibility index (Phi) is 7.94. The highest BCUT2D eigenvalue weighted by Crippen LogP contribution is 2.33. The van der Waals surface area contributed by atoms with Gasteiger partial charge >= 0.3 is 12.4 Å². The van der Waals surface area contributed by atoms with Gasteiger partial charge < -0.3 is 5.32 Å². The van der Waals surface area contributed by atoms with Crippen LogP contribution in [0.2, 0.25) is 0 Å². The molecule has 0 atom stereocenters. The molecule has 194 valence electrons. The van der Waals surface area contributed by atoms with Crippen molar-refractivity contribution in [1.29, 1.82) is 0 Å².